The van der Waals surface area contributed by atoms with E-state index in [0.717, 1.165) is 11.3 Å². The van der Waals surface area contributed by atoms with E-state index in [2.05, 4.69) is 10.9 Å². The highest BCUT2D eigenvalue weighted by Gasteiger charge is 2.13. The minimum atomic E-state index is -0.483. The Balaban J connectivity index is 1.97. The molecule has 0 unspecified atom stereocenters. The maximum atomic E-state index is 11.8. The summed E-state index contributed by atoms with van der Waals surface area (Å²) in [7, 11) is 0. The molecule has 0 saturated heterocycles. The molecule has 21 heavy (non-hydrogen) atoms. The number of hydrazine groups is 1. The van der Waals surface area contributed by atoms with Gasteiger partial charge in [0.05, 0.1) is 9.75 Å². The molecule has 0 saturated carbocycles. The lowest BCUT2D eigenvalue weighted by molar-refractivity contribution is 0.0849. The van der Waals surface area contributed by atoms with Gasteiger partial charge < -0.3 is 0 Å². The number of amides is 2. The molecule has 0 spiro atoms. The molecule has 2 amide bonds. The summed E-state index contributed by atoms with van der Waals surface area (Å²) in [6.45, 7) is 1.43. The molecule has 0 atom stereocenters. The number of rotatable bonds is 3. The van der Waals surface area contributed by atoms with Crippen LogP contribution in [-0.4, -0.2) is 17.6 Å². The summed E-state index contributed by atoms with van der Waals surface area (Å²) >= 11 is 6.85. The predicted octanol–water partition coefficient (Wildman–Crippen LogP) is 2.68. The average Bonchev–Trinajstić information content (AvgIpc) is 2.94. The summed E-state index contributed by atoms with van der Waals surface area (Å²) in [4.78, 5) is 35.6. The number of carbonyl (C=O) groups excluding carboxylic acids is 3. The van der Waals surface area contributed by atoms with Crippen molar-refractivity contribution < 1.29 is 14.4 Å². The minimum absolute atomic E-state index is 0.109. The molecule has 1 heterocycles. The smallest absolute Gasteiger partial charge is 0.279 e. The van der Waals surface area contributed by atoms with Gasteiger partial charge in [-0.3, -0.25) is 25.2 Å². The number of ketones is 1. The van der Waals surface area contributed by atoms with Gasteiger partial charge in [-0.05, 0) is 37.3 Å². The number of carbonyl (C=O) groups is 3. The van der Waals surface area contributed by atoms with Gasteiger partial charge in [-0.1, -0.05) is 17.7 Å². The highest BCUT2D eigenvalue weighted by atomic mass is 35.5. The summed E-state index contributed by atoms with van der Waals surface area (Å²) in [5.74, 6) is -1.07. The molecule has 0 aliphatic heterocycles. The van der Waals surface area contributed by atoms with Gasteiger partial charge in [-0.25, -0.2) is 0 Å². The molecule has 108 valence electrons. The number of thiophene rings is 1. The monoisotopic (exact) mass is 322 g/mol. The van der Waals surface area contributed by atoms with Crippen LogP contribution in [0.1, 0.15) is 36.6 Å². The number of hydrogen-bond acceptors (Lipinski definition) is 4. The van der Waals surface area contributed by atoms with Crippen LogP contribution in [0.25, 0.3) is 0 Å². The van der Waals surface area contributed by atoms with Gasteiger partial charge in [0.25, 0.3) is 11.8 Å². The molecule has 1 aromatic heterocycles. The van der Waals surface area contributed by atoms with Crippen molar-refractivity contribution in [1.29, 1.82) is 0 Å². The van der Waals surface area contributed by atoms with Crippen molar-refractivity contribution in [2.45, 2.75) is 6.92 Å². The van der Waals surface area contributed by atoms with Crippen molar-refractivity contribution in [3.8, 4) is 0 Å². The van der Waals surface area contributed by atoms with E-state index in [0.29, 0.717) is 20.3 Å². The van der Waals surface area contributed by atoms with Crippen molar-refractivity contribution in [2.75, 3.05) is 0 Å². The van der Waals surface area contributed by atoms with Gasteiger partial charge >= 0.3 is 0 Å². The topological polar surface area (TPSA) is 75.3 Å². The summed E-state index contributed by atoms with van der Waals surface area (Å²) in [5, 5.41) is 0.429. The maximum absolute atomic E-state index is 11.8. The Bertz CT molecular complexity index is 712. The molecule has 0 radical (unpaired) electrons. The van der Waals surface area contributed by atoms with Gasteiger partial charge in [-0.15, -0.1) is 11.3 Å². The fourth-order valence-electron chi connectivity index (χ4n) is 1.53. The van der Waals surface area contributed by atoms with E-state index in [1.165, 1.54) is 19.1 Å². The molecule has 2 N–H and O–H groups in total. The van der Waals surface area contributed by atoms with Gasteiger partial charge in [0.2, 0.25) is 0 Å². The first-order chi connectivity index (χ1) is 9.97. The first kappa shape index (κ1) is 15.2. The summed E-state index contributed by atoms with van der Waals surface area (Å²) < 4.78 is 0. The second-order valence-corrected chi connectivity index (χ2v) is 5.66. The number of nitrogens with one attached hydrogen (secondary N) is 2. The van der Waals surface area contributed by atoms with E-state index in [1.807, 2.05) is 0 Å². The lowest BCUT2D eigenvalue weighted by Gasteiger charge is -2.06. The molecule has 0 fully saturated rings. The summed E-state index contributed by atoms with van der Waals surface area (Å²) in [6.07, 6.45) is 0. The quantitative estimate of drug-likeness (QED) is 0.674. The molecule has 2 rings (SSSR count). The van der Waals surface area contributed by atoms with Crippen molar-refractivity contribution in [1.82, 2.24) is 10.9 Å². The number of benzene rings is 1. The van der Waals surface area contributed by atoms with Crippen LogP contribution in [-0.2, 0) is 0 Å². The Hall–Kier alpha value is -2.18. The van der Waals surface area contributed by atoms with Crippen molar-refractivity contribution in [2.24, 2.45) is 0 Å². The first-order valence-corrected chi connectivity index (χ1v) is 7.14. The molecule has 0 aliphatic rings. The van der Waals surface area contributed by atoms with E-state index >= 15 is 0 Å². The zero-order valence-electron chi connectivity index (χ0n) is 11.0. The predicted molar refractivity (Wildman–Crippen MR) is 80.7 cm³/mol. The van der Waals surface area contributed by atoms with E-state index in [4.69, 9.17) is 11.6 Å². The first-order valence-electron chi connectivity index (χ1n) is 5.94. The second-order valence-electron chi connectivity index (χ2n) is 4.14. The molecule has 0 bridgehead atoms. The van der Waals surface area contributed by atoms with Crippen LogP contribution >= 0.6 is 22.9 Å². The van der Waals surface area contributed by atoms with Crippen LogP contribution in [0.4, 0.5) is 0 Å². The Morgan fingerprint density at radius 3 is 2.29 bits per heavy atom. The van der Waals surface area contributed by atoms with Crippen LogP contribution < -0.4 is 10.9 Å². The maximum Gasteiger partial charge on any atom is 0.279 e. The third-order valence-electron chi connectivity index (χ3n) is 2.55. The largest absolute Gasteiger partial charge is 0.294 e. The normalized spacial score (nSPS) is 10.0. The molecular weight excluding hydrogens is 312 g/mol. The van der Waals surface area contributed by atoms with E-state index in [1.54, 1.807) is 24.3 Å². The highest BCUT2D eigenvalue weighted by molar-refractivity contribution is 7.15. The van der Waals surface area contributed by atoms with Gasteiger partial charge in [0.15, 0.2) is 5.78 Å². The van der Waals surface area contributed by atoms with Crippen LogP contribution in [0.15, 0.2) is 36.4 Å². The number of halogens is 1. The third-order valence-corrected chi connectivity index (χ3v) is 3.97. The lowest BCUT2D eigenvalue weighted by Crippen LogP contribution is -2.41. The summed E-state index contributed by atoms with van der Waals surface area (Å²) in [5.41, 5.74) is 4.91. The van der Waals surface area contributed by atoms with Gasteiger partial charge in [0.1, 0.15) is 0 Å². The molecule has 1 aromatic carbocycles. The van der Waals surface area contributed by atoms with Crippen molar-refractivity contribution in [3.05, 3.63) is 56.7 Å². The Kier molecular flexibility index (Phi) is 4.72. The van der Waals surface area contributed by atoms with E-state index < -0.39 is 11.8 Å². The van der Waals surface area contributed by atoms with Crippen molar-refractivity contribution in [3.63, 3.8) is 0 Å². The lowest BCUT2D eigenvalue weighted by atomic mass is 10.2. The number of Topliss-reactive ketones (excluding diaryl/α,β-unsaturated/α-hetero) is 1. The Morgan fingerprint density at radius 1 is 1.00 bits per heavy atom. The summed E-state index contributed by atoms with van der Waals surface area (Å²) in [6, 6.07) is 9.45. The van der Waals surface area contributed by atoms with Crippen molar-refractivity contribution >= 4 is 40.5 Å². The van der Waals surface area contributed by atoms with E-state index in [9.17, 15) is 14.4 Å². The number of hydrogen-bond donors (Lipinski definition) is 2. The van der Waals surface area contributed by atoms with Crippen LogP contribution in [0.3, 0.4) is 0 Å². The van der Waals surface area contributed by atoms with Crippen LogP contribution in [0, 0.1) is 0 Å². The fourth-order valence-corrected chi connectivity index (χ4v) is 2.51. The Labute approximate surface area is 129 Å². The van der Waals surface area contributed by atoms with Crippen LogP contribution in [0.5, 0.6) is 0 Å². The standard InChI is InChI=1S/C14H11ClN2O3S/c1-8(18)11-5-6-12(21-11)14(20)17-16-13(19)9-3-2-4-10(15)7-9/h2-7H,1H3,(H,16,19)(H,17,20). The second kappa shape index (κ2) is 6.51. The third kappa shape index (κ3) is 3.90. The molecule has 0 aliphatic carbocycles. The zero-order valence-corrected chi connectivity index (χ0v) is 12.5. The zero-order chi connectivity index (χ0) is 15.4. The van der Waals surface area contributed by atoms with E-state index in [-0.39, 0.29) is 5.78 Å². The molecule has 5 nitrogen and oxygen atoms in total. The Morgan fingerprint density at radius 2 is 1.67 bits per heavy atom. The SMILES string of the molecule is CC(=O)c1ccc(C(=O)NNC(=O)c2cccc(Cl)c2)s1. The average molecular weight is 323 g/mol. The highest BCUT2D eigenvalue weighted by Crippen LogP contribution is 2.16. The molecule has 7 heteroatoms. The molecular formula is C14H11ClN2O3S. The fraction of sp³-hybridized carbons (Fsp3) is 0.0714. The minimum Gasteiger partial charge on any atom is -0.294 e. The van der Waals surface area contributed by atoms with Crippen LogP contribution in [0.2, 0.25) is 5.02 Å². The van der Waals surface area contributed by atoms with Gasteiger partial charge in [0, 0.05) is 10.6 Å². The van der Waals surface area contributed by atoms with Gasteiger partial charge in [-0.2, -0.15) is 0 Å². The molecule has 2 aromatic rings.